The Morgan fingerprint density at radius 1 is 1.28 bits per heavy atom. The van der Waals surface area contributed by atoms with Gasteiger partial charge in [0.25, 0.3) is 5.91 Å². The Kier molecular flexibility index (Phi) is 5.41. The Hall–Kier alpha value is -2.30. The lowest BCUT2D eigenvalue weighted by atomic mass is 9.93. The second-order valence-corrected chi connectivity index (χ2v) is 7.09. The van der Waals surface area contributed by atoms with Crippen LogP contribution in [0.5, 0.6) is 0 Å². The minimum atomic E-state index is 0.0544. The highest BCUT2D eigenvalue weighted by molar-refractivity contribution is 5.98. The number of benzene rings is 1. The van der Waals surface area contributed by atoms with E-state index < -0.39 is 0 Å². The fourth-order valence-corrected chi connectivity index (χ4v) is 3.40. The Morgan fingerprint density at radius 3 is 2.68 bits per heavy atom. The number of aromatic nitrogens is 1. The Balaban J connectivity index is 1.53. The molecule has 3 rings (SSSR count). The number of rotatable bonds is 5. The summed E-state index contributed by atoms with van der Waals surface area (Å²) in [5, 5.41) is 4.08. The van der Waals surface area contributed by atoms with E-state index >= 15 is 0 Å². The van der Waals surface area contributed by atoms with Crippen LogP contribution >= 0.6 is 0 Å². The van der Waals surface area contributed by atoms with Crippen molar-refractivity contribution >= 4 is 22.7 Å². The maximum atomic E-state index is 12.7. The molecule has 5 nitrogen and oxygen atoms in total. The third-order valence-electron chi connectivity index (χ3n) is 5.16. The number of aromatic amines is 1. The van der Waals surface area contributed by atoms with Crippen LogP contribution < -0.4 is 5.32 Å². The average Bonchev–Trinajstić information content (AvgIpc) is 3.05. The van der Waals surface area contributed by atoms with Crippen LogP contribution in [-0.4, -0.2) is 40.8 Å². The monoisotopic (exact) mass is 341 g/mol. The predicted octanol–water partition coefficient (Wildman–Crippen LogP) is 3.32. The molecule has 0 saturated carbocycles. The summed E-state index contributed by atoms with van der Waals surface area (Å²) in [6.45, 7) is 5.53. The van der Waals surface area contributed by atoms with E-state index in [-0.39, 0.29) is 17.9 Å². The minimum absolute atomic E-state index is 0.0544. The van der Waals surface area contributed by atoms with Gasteiger partial charge in [0.2, 0.25) is 5.91 Å². The normalized spacial score (nSPS) is 16.8. The smallest absolute Gasteiger partial charge is 0.270 e. The maximum Gasteiger partial charge on any atom is 0.270 e. The first kappa shape index (κ1) is 17.5. The summed E-state index contributed by atoms with van der Waals surface area (Å²) in [6.07, 6.45) is 3.29. The second kappa shape index (κ2) is 7.72. The van der Waals surface area contributed by atoms with Gasteiger partial charge in [-0.3, -0.25) is 9.59 Å². The highest BCUT2D eigenvalue weighted by Gasteiger charge is 2.26. The van der Waals surface area contributed by atoms with Gasteiger partial charge in [-0.1, -0.05) is 25.1 Å². The van der Waals surface area contributed by atoms with Crippen molar-refractivity contribution in [1.29, 1.82) is 0 Å². The zero-order valence-electron chi connectivity index (χ0n) is 15.0. The van der Waals surface area contributed by atoms with Crippen LogP contribution in [0.25, 0.3) is 10.9 Å². The number of carbonyl (C=O) groups is 2. The number of hydrogen-bond donors (Lipinski definition) is 2. The van der Waals surface area contributed by atoms with Crippen molar-refractivity contribution < 1.29 is 9.59 Å². The quantitative estimate of drug-likeness (QED) is 0.876. The number of amides is 2. The number of H-pyrrole nitrogens is 1. The molecule has 2 heterocycles. The maximum absolute atomic E-state index is 12.7. The number of para-hydroxylation sites is 1. The first-order valence-corrected chi connectivity index (χ1v) is 9.23. The molecule has 1 saturated heterocycles. The summed E-state index contributed by atoms with van der Waals surface area (Å²) >= 11 is 0. The van der Waals surface area contributed by atoms with Gasteiger partial charge in [-0.2, -0.15) is 0 Å². The van der Waals surface area contributed by atoms with Gasteiger partial charge < -0.3 is 15.2 Å². The molecule has 2 N–H and O–H groups in total. The van der Waals surface area contributed by atoms with E-state index in [1.165, 1.54) is 0 Å². The molecule has 0 spiro atoms. The molecule has 1 aliphatic heterocycles. The van der Waals surface area contributed by atoms with Gasteiger partial charge in [0.15, 0.2) is 0 Å². The van der Waals surface area contributed by atoms with Gasteiger partial charge in [-0.05, 0) is 44.2 Å². The summed E-state index contributed by atoms with van der Waals surface area (Å²) in [6, 6.07) is 10.1. The van der Waals surface area contributed by atoms with E-state index in [9.17, 15) is 9.59 Å². The van der Waals surface area contributed by atoms with Crippen LogP contribution in [0.4, 0.5) is 0 Å². The van der Waals surface area contributed by atoms with Crippen molar-refractivity contribution in [2.75, 3.05) is 13.1 Å². The number of fused-ring (bicyclic) bond motifs is 1. The molecule has 1 aromatic heterocycles. The molecule has 0 aliphatic carbocycles. The van der Waals surface area contributed by atoms with Crippen LogP contribution in [0.3, 0.4) is 0 Å². The standard InChI is InChI=1S/C20H27N3O2/c1-3-14(2)21-19(24)12-15-8-10-23(11-9-15)20(25)18-13-16-6-4-5-7-17(16)22-18/h4-7,13-15,22H,3,8-12H2,1-2H3,(H,21,24)/t14-/m1/s1. The van der Waals surface area contributed by atoms with Gasteiger partial charge in [-0.25, -0.2) is 0 Å². The topological polar surface area (TPSA) is 65.2 Å². The van der Waals surface area contributed by atoms with Crippen LogP contribution in [0.1, 0.15) is 50.0 Å². The molecule has 1 aromatic carbocycles. The largest absolute Gasteiger partial charge is 0.354 e. The van der Waals surface area contributed by atoms with Crippen LogP contribution in [0.2, 0.25) is 0 Å². The number of piperidine rings is 1. The van der Waals surface area contributed by atoms with Gasteiger partial charge in [-0.15, -0.1) is 0 Å². The van der Waals surface area contributed by atoms with Crippen molar-refractivity contribution in [3.8, 4) is 0 Å². The average molecular weight is 341 g/mol. The van der Waals surface area contributed by atoms with E-state index in [1.54, 1.807) is 0 Å². The molecule has 0 radical (unpaired) electrons. The molecule has 1 fully saturated rings. The fourth-order valence-electron chi connectivity index (χ4n) is 3.40. The lowest BCUT2D eigenvalue weighted by Gasteiger charge is -2.31. The zero-order chi connectivity index (χ0) is 17.8. The molecule has 0 bridgehead atoms. The predicted molar refractivity (Wildman–Crippen MR) is 99.4 cm³/mol. The van der Waals surface area contributed by atoms with Crippen molar-refractivity contribution in [2.24, 2.45) is 5.92 Å². The number of nitrogens with zero attached hydrogens (tertiary/aromatic N) is 1. The summed E-state index contributed by atoms with van der Waals surface area (Å²) in [4.78, 5) is 29.8. The third-order valence-corrected chi connectivity index (χ3v) is 5.16. The van der Waals surface area contributed by atoms with Gasteiger partial charge >= 0.3 is 0 Å². The van der Waals surface area contributed by atoms with E-state index in [0.29, 0.717) is 18.0 Å². The molecule has 1 atom stereocenters. The first-order chi connectivity index (χ1) is 12.1. The lowest BCUT2D eigenvalue weighted by Crippen LogP contribution is -2.40. The molecule has 1 aliphatic rings. The Bertz CT molecular complexity index is 711. The van der Waals surface area contributed by atoms with Crippen molar-refractivity contribution in [1.82, 2.24) is 15.2 Å². The first-order valence-electron chi connectivity index (χ1n) is 9.23. The highest BCUT2D eigenvalue weighted by atomic mass is 16.2. The van der Waals surface area contributed by atoms with Crippen LogP contribution in [0, 0.1) is 5.92 Å². The van der Waals surface area contributed by atoms with E-state index in [1.807, 2.05) is 42.2 Å². The molecule has 0 unspecified atom stereocenters. The summed E-state index contributed by atoms with van der Waals surface area (Å²) in [7, 11) is 0. The molecule has 25 heavy (non-hydrogen) atoms. The SMILES string of the molecule is CC[C@@H](C)NC(=O)CC1CCN(C(=O)c2cc3ccccc3[nH]2)CC1. The summed E-state index contributed by atoms with van der Waals surface area (Å²) in [5.74, 6) is 0.560. The second-order valence-electron chi connectivity index (χ2n) is 7.09. The fraction of sp³-hybridized carbons (Fsp3) is 0.500. The van der Waals surface area contributed by atoms with Gasteiger partial charge in [0.05, 0.1) is 0 Å². The number of carbonyl (C=O) groups excluding carboxylic acids is 2. The number of hydrogen-bond acceptors (Lipinski definition) is 2. The molecule has 5 heteroatoms. The molecular weight excluding hydrogens is 314 g/mol. The van der Waals surface area contributed by atoms with Crippen molar-refractivity contribution in [3.63, 3.8) is 0 Å². The van der Waals surface area contributed by atoms with Gasteiger partial charge in [0.1, 0.15) is 5.69 Å². The van der Waals surface area contributed by atoms with Crippen LogP contribution in [-0.2, 0) is 4.79 Å². The van der Waals surface area contributed by atoms with Crippen LogP contribution in [0.15, 0.2) is 30.3 Å². The summed E-state index contributed by atoms with van der Waals surface area (Å²) in [5.41, 5.74) is 1.64. The van der Waals surface area contributed by atoms with Gasteiger partial charge in [0, 0.05) is 36.5 Å². The van der Waals surface area contributed by atoms with E-state index in [2.05, 4.69) is 17.2 Å². The molecule has 2 aromatic rings. The highest BCUT2D eigenvalue weighted by Crippen LogP contribution is 2.23. The Labute approximate surface area is 148 Å². The molecule has 134 valence electrons. The lowest BCUT2D eigenvalue weighted by molar-refractivity contribution is -0.122. The summed E-state index contributed by atoms with van der Waals surface area (Å²) < 4.78 is 0. The Morgan fingerprint density at radius 2 is 2.00 bits per heavy atom. The molecular formula is C20H27N3O2. The number of nitrogens with one attached hydrogen (secondary N) is 2. The minimum Gasteiger partial charge on any atom is -0.354 e. The van der Waals surface area contributed by atoms with E-state index in [4.69, 9.17) is 0 Å². The van der Waals surface area contributed by atoms with Crippen molar-refractivity contribution in [2.45, 2.75) is 45.6 Å². The van der Waals surface area contributed by atoms with E-state index in [0.717, 1.165) is 43.3 Å². The molecule has 2 amide bonds. The van der Waals surface area contributed by atoms with Crippen molar-refractivity contribution in [3.05, 3.63) is 36.0 Å². The zero-order valence-corrected chi connectivity index (χ0v) is 15.0. The number of likely N-dealkylation sites (tertiary alicyclic amines) is 1. The third kappa shape index (κ3) is 4.21.